The van der Waals surface area contributed by atoms with Gasteiger partial charge in [0, 0.05) is 19.3 Å². The summed E-state index contributed by atoms with van der Waals surface area (Å²) in [5.41, 5.74) is 1.72. The van der Waals surface area contributed by atoms with Crippen molar-refractivity contribution in [3.63, 3.8) is 0 Å². The minimum absolute atomic E-state index is 0.000898. The summed E-state index contributed by atoms with van der Waals surface area (Å²) in [6.45, 7) is 0. The highest BCUT2D eigenvalue weighted by Gasteiger charge is 2.14. The smallest absolute Gasteiger partial charge is 0.303 e. The molecule has 20 heavy (non-hydrogen) atoms. The van der Waals surface area contributed by atoms with Gasteiger partial charge in [-0.3, -0.25) is 14.4 Å². The van der Waals surface area contributed by atoms with Gasteiger partial charge in [-0.2, -0.15) is 0 Å². The van der Waals surface area contributed by atoms with E-state index < -0.39 is 17.9 Å². The molecule has 110 valence electrons. The van der Waals surface area contributed by atoms with E-state index in [2.05, 4.69) is 0 Å². The second-order valence-corrected chi connectivity index (χ2v) is 5.63. The van der Waals surface area contributed by atoms with E-state index in [-0.39, 0.29) is 19.3 Å². The van der Waals surface area contributed by atoms with Crippen LogP contribution in [0, 0.1) is 0 Å². The Labute approximate surface area is 117 Å². The van der Waals surface area contributed by atoms with E-state index in [1.807, 2.05) is 5.80 Å². The van der Waals surface area contributed by atoms with Gasteiger partial charge in [0.15, 0.2) is 0 Å². The summed E-state index contributed by atoms with van der Waals surface area (Å²) < 4.78 is 0. The van der Waals surface area contributed by atoms with Gasteiger partial charge in [-0.15, -0.1) is 8.19 Å². The van der Waals surface area contributed by atoms with E-state index in [4.69, 9.17) is 15.3 Å². The number of aryl methyl sites for hydroxylation is 2. The summed E-state index contributed by atoms with van der Waals surface area (Å²) in [6.07, 6.45) is 1.09. The van der Waals surface area contributed by atoms with Gasteiger partial charge in [-0.1, -0.05) is 0 Å². The van der Waals surface area contributed by atoms with Crippen molar-refractivity contribution in [1.82, 2.24) is 0 Å². The van der Waals surface area contributed by atoms with Crippen LogP contribution >= 0.6 is 8.19 Å². The molecule has 0 aliphatic heterocycles. The minimum Gasteiger partial charge on any atom is -0.481 e. The number of carbonyl (C=O) groups is 3. The highest BCUT2D eigenvalue weighted by atomic mass is 31.0. The first-order valence-electron chi connectivity index (χ1n) is 6.23. The Morgan fingerprint density at radius 1 is 0.850 bits per heavy atom. The predicted octanol–water partition coefficient (Wildman–Crippen LogP) is 1.77. The molecular weight excluding hydrogens is 283 g/mol. The molecule has 0 fully saturated rings. The third-order valence-electron chi connectivity index (χ3n) is 2.96. The molecule has 1 atom stereocenters. The largest absolute Gasteiger partial charge is 0.481 e. The zero-order valence-electron chi connectivity index (χ0n) is 10.9. The van der Waals surface area contributed by atoms with Crippen LogP contribution in [0.2, 0.25) is 0 Å². The lowest BCUT2D eigenvalue weighted by Crippen LogP contribution is -2.04. The molecule has 0 spiro atoms. The Bertz CT molecular complexity index is 469. The van der Waals surface area contributed by atoms with Gasteiger partial charge in [0.25, 0.3) is 0 Å². The molecule has 1 aromatic rings. The third-order valence-corrected chi connectivity index (χ3v) is 4.35. The van der Waals surface area contributed by atoms with Gasteiger partial charge in [-0.05, 0) is 41.5 Å². The zero-order chi connectivity index (χ0) is 15.1. The molecule has 0 aromatic carbocycles. The van der Waals surface area contributed by atoms with Crippen molar-refractivity contribution in [3.8, 4) is 0 Å². The number of carboxylic acid groups (broad SMARTS) is 3. The average molecular weight is 300 g/mol. The lowest BCUT2D eigenvalue weighted by molar-refractivity contribution is -0.138. The second kappa shape index (κ2) is 7.70. The van der Waals surface area contributed by atoms with Crippen LogP contribution < -0.4 is 0 Å². The summed E-state index contributed by atoms with van der Waals surface area (Å²) >= 11 is 0. The maximum atomic E-state index is 10.7. The molecule has 1 unspecified atom stereocenters. The van der Waals surface area contributed by atoms with Crippen molar-refractivity contribution in [1.29, 1.82) is 0 Å². The third kappa shape index (κ3) is 5.45. The molecule has 6 nitrogen and oxygen atoms in total. The van der Waals surface area contributed by atoms with Crippen molar-refractivity contribution in [2.24, 2.45) is 0 Å². The maximum absolute atomic E-state index is 10.7. The van der Waals surface area contributed by atoms with Crippen LogP contribution in [-0.2, 0) is 33.6 Å². The fraction of sp³-hybridized carbons (Fsp3) is 0.462. The van der Waals surface area contributed by atoms with Crippen molar-refractivity contribution in [3.05, 3.63) is 22.2 Å². The van der Waals surface area contributed by atoms with Gasteiger partial charge in [-0.25, -0.2) is 0 Å². The Morgan fingerprint density at radius 3 is 1.90 bits per heavy atom. The van der Waals surface area contributed by atoms with Crippen LogP contribution in [-0.4, -0.2) is 33.2 Å². The van der Waals surface area contributed by atoms with E-state index in [9.17, 15) is 14.4 Å². The van der Waals surface area contributed by atoms with Gasteiger partial charge in [0.05, 0.1) is 0 Å². The van der Waals surface area contributed by atoms with Gasteiger partial charge in [0.2, 0.25) is 0 Å². The molecule has 1 heterocycles. The normalized spacial score (nSPS) is 10.8. The van der Waals surface area contributed by atoms with Crippen LogP contribution in [0.15, 0.2) is 5.80 Å². The van der Waals surface area contributed by atoms with E-state index >= 15 is 0 Å². The van der Waals surface area contributed by atoms with Crippen LogP contribution in [0.4, 0.5) is 0 Å². The van der Waals surface area contributed by atoms with Crippen molar-refractivity contribution >= 4 is 26.1 Å². The number of hydrogen-bond acceptors (Lipinski definition) is 3. The summed E-state index contributed by atoms with van der Waals surface area (Å²) in [4.78, 5) is 31.9. The molecule has 0 saturated carbocycles. The summed E-state index contributed by atoms with van der Waals surface area (Å²) in [5, 5.41) is 27.1. The van der Waals surface area contributed by atoms with Gasteiger partial charge < -0.3 is 15.3 Å². The topological polar surface area (TPSA) is 112 Å². The van der Waals surface area contributed by atoms with E-state index in [1.165, 1.54) is 0 Å². The first-order valence-corrected chi connectivity index (χ1v) is 7.31. The molecule has 0 aliphatic rings. The Balaban J connectivity index is 2.83. The van der Waals surface area contributed by atoms with Crippen molar-refractivity contribution in [2.75, 3.05) is 0 Å². The summed E-state index contributed by atoms with van der Waals surface area (Å²) in [7, 11) is 0.335. The van der Waals surface area contributed by atoms with Crippen LogP contribution in [0.5, 0.6) is 0 Å². The highest BCUT2D eigenvalue weighted by Crippen LogP contribution is 2.30. The second-order valence-electron chi connectivity index (χ2n) is 4.45. The monoisotopic (exact) mass is 300 g/mol. The molecule has 0 amide bonds. The quantitative estimate of drug-likeness (QED) is 0.640. The van der Waals surface area contributed by atoms with Crippen molar-refractivity contribution in [2.45, 2.75) is 38.5 Å². The molecule has 0 saturated heterocycles. The first-order chi connectivity index (χ1) is 9.40. The fourth-order valence-electron chi connectivity index (χ4n) is 2.01. The molecular formula is C13H17O6P. The van der Waals surface area contributed by atoms with Crippen molar-refractivity contribution < 1.29 is 29.7 Å². The number of aliphatic carboxylic acids is 3. The Kier molecular flexibility index (Phi) is 6.25. The zero-order valence-corrected chi connectivity index (χ0v) is 11.9. The van der Waals surface area contributed by atoms with Crippen LogP contribution in [0.1, 0.15) is 35.7 Å². The Hall–Kier alpha value is -1.81. The SMILES string of the molecule is O=C(O)CCc1c[pH]c(CCC(=O)O)c1CCC(=O)O. The van der Waals surface area contributed by atoms with Gasteiger partial charge in [0.1, 0.15) is 0 Å². The molecule has 1 aromatic heterocycles. The highest BCUT2D eigenvalue weighted by molar-refractivity contribution is 7.30. The Morgan fingerprint density at radius 2 is 1.35 bits per heavy atom. The molecule has 3 N–H and O–H groups in total. The van der Waals surface area contributed by atoms with E-state index in [0.717, 1.165) is 16.4 Å². The number of rotatable bonds is 9. The fourth-order valence-corrected chi connectivity index (χ4v) is 3.40. The van der Waals surface area contributed by atoms with E-state index in [0.29, 0.717) is 27.5 Å². The summed E-state index contributed by atoms with van der Waals surface area (Å²) in [5.74, 6) is -0.787. The lowest BCUT2D eigenvalue weighted by atomic mass is 10.00. The minimum atomic E-state index is -0.914. The lowest BCUT2D eigenvalue weighted by Gasteiger charge is -2.06. The number of carboxylic acids is 3. The van der Waals surface area contributed by atoms with Crippen LogP contribution in [0.3, 0.4) is 0 Å². The number of hydrogen-bond donors (Lipinski definition) is 3. The standard InChI is InChI=1S/C13H17O6P/c14-11(15)4-1-8-7-20-10(3-6-13(18)19)9(8)2-5-12(16)17/h7,20H,1-6H2,(H,14,15)(H,16,17)(H,18,19). The molecule has 0 radical (unpaired) electrons. The summed E-state index contributed by atoms with van der Waals surface area (Å²) in [6, 6.07) is 0. The molecule has 7 heteroatoms. The van der Waals surface area contributed by atoms with Gasteiger partial charge >= 0.3 is 17.9 Å². The average Bonchev–Trinajstić information content (AvgIpc) is 2.73. The first kappa shape index (κ1) is 16.2. The molecule has 0 bridgehead atoms. The van der Waals surface area contributed by atoms with Crippen LogP contribution in [0.25, 0.3) is 0 Å². The van der Waals surface area contributed by atoms with E-state index in [1.54, 1.807) is 0 Å². The maximum Gasteiger partial charge on any atom is 0.303 e. The predicted molar refractivity (Wildman–Crippen MR) is 73.8 cm³/mol. The molecule has 1 rings (SSSR count). The molecule has 0 aliphatic carbocycles.